The molecule has 5 nitrogen and oxygen atoms in total. The Hall–Kier alpha value is -2.69. The van der Waals surface area contributed by atoms with Crippen molar-refractivity contribution in [1.29, 1.82) is 0 Å². The van der Waals surface area contributed by atoms with E-state index in [-0.39, 0.29) is 5.91 Å². The normalized spacial score (nSPS) is 15.0. The second-order valence-electron chi connectivity index (χ2n) is 5.66. The average molecular weight is 292 g/mol. The molecular weight excluding hydrogens is 276 g/mol. The Labute approximate surface area is 128 Å². The minimum absolute atomic E-state index is 0.0199. The second kappa shape index (κ2) is 4.94. The molecule has 0 spiro atoms. The first kappa shape index (κ1) is 13.0. The molecule has 4 heterocycles. The lowest BCUT2D eigenvalue weighted by Crippen LogP contribution is -2.48. The molecule has 1 saturated heterocycles. The number of aromatic nitrogens is 3. The highest BCUT2D eigenvalue weighted by Crippen LogP contribution is 2.28. The predicted octanol–water partition coefficient (Wildman–Crippen LogP) is 2.28. The summed E-state index contributed by atoms with van der Waals surface area (Å²) in [4.78, 5) is 23.0. The van der Waals surface area contributed by atoms with Gasteiger partial charge in [-0.3, -0.25) is 9.78 Å². The van der Waals surface area contributed by atoms with Gasteiger partial charge in [0, 0.05) is 37.6 Å². The molecule has 5 heteroatoms. The van der Waals surface area contributed by atoms with Crippen molar-refractivity contribution in [2.45, 2.75) is 12.8 Å². The van der Waals surface area contributed by atoms with Gasteiger partial charge in [-0.25, -0.2) is 4.98 Å². The van der Waals surface area contributed by atoms with Gasteiger partial charge in [-0.05, 0) is 36.8 Å². The standard InChI is InChI=1S/C17H16N4O/c1-12-16(19-15-4-2-3-9-21(12)15)17(22)20-10-14(11-20)13-5-7-18-8-6-13/h2-9,14H,10-11H2,1H3. The van der Waals surface area contributed by atoms with Crippen molar-refractivity contribution < 1.29 is 4.79 Å². The molecule has 0 atom stereocenters. The van der Waals surface area contributed by atoms with Crippen LogP contribution in [0.15, 0.2) is 48.9 Å². The SMILES string of the molecule is Cc1c(C(=O)N2CC(c3ccncc3)C2)nc2ccccn12. The van der Waals surface area contributed by atoms with Gasteiger partial charge in [-0.15, -0.1) is 0 Å². The Morgan fingerprint density at radius 3 is 2.68 bits per heavy atom. The quantitative estimate of drug-likeness (QED) is 0.728. The summed E-state index contributed by atoms with van der Waals surface area (Å²) in [6.07, 6.45) is 5.53. The third kappa shape index (κ3) is 1.97. The van der Waals surface area contributed by atoms with E-state index in [1.165, 1.54) is 5.56 Å². The number of aryl methyl sites for hydroxylation is 1. The van der Waals surface area contributed by atoms with Crippen LogP contribution < -0.4 is 0 Å². The molecule has 0 N–H and O–H groups in total. The van der Waals surface area contributed by atoms with Crippen molar-refractivity contribution in [3.8, 4) is 0 Å². The van der Waals surface area contributed by atoms with Crippen LogP contribution in [-0.4, -0.2) is 38.3 Å². The molecule has 3 aromatic rings. The van der Waals surface area contributed by atoms with Crippen molar-refractivity contribution in [3.05, 3.63) is 65.9 Å². The first-order chi connectivity index (χ1) is 10.7. The van der Waals surface area contributed by atoms with E-state index in [4.69, 9.17) is 0 Å². The number of pyridine rings is 2. The van der Waals surface area contributed by atoms with Crippen LogP contribution >= 0.6 is 0 Å². The summed E-state index contributed by atoms with van der Waals surface area (Å²) >= 11 is 0. The van der Waals surface area contributed by atoms with Gasteiger partial charge in [-0.1, -0.05) is 6.07 Å². The van der Waals surface area contributed by atoms with Crippen LogP contribution in [0.4, 0.5) is 0 Å². The number of imidazole rings is 1. The molecule has 1 amide bonds. The average Bonchev–Trinajstić information content (AvgIpc) is 2.84. The Bertz CT molecular complexity index is 834. The largest absolute Gasteiger partial charge is 0.336 e. The van der Waals surface area contributed by atoms with Crippen molar-refractivity contribution in [2.24, 2.45) is 0 Å². The highest BCUT2D eigenvalue weighted by molar-refractivity contribution is 5.95. The van der Waals surface area contributed by atoms with Crippen molar-refractivity contribution in [2.75, 3.05) is 13.1 Å². The predicted molar refractivity (Wildman–Crippen MR) is 82.8 cm³/mol. The molecule has 0 aromatic carbocycles. The van der Waals surface area contributed by atoms with Crippen LogP contribution in [0, 0.1) is 6.92 Å². The third-order valence-corrected chi connectivity index (χ3v) is 4.32. The fourth-order valence-corrected chi connectivity index (χ4v) is 2.96. The first-order valence-electron chi connectivity index (χ1n) is 7.37. The maximum Gasteiger partial charge on any atom is 0.274 e. The summed E-state index contributed by atoms with van der Waals surface area (Å²) in [5.74, 6) is 0.427. The zero-order valence-electron chi connectivity index (χ0n) is 12.3. The van der Waals surface area contributed by atoms with Gasteiger partial charge in [0.15, 0.2) is 0 Å². The summed E-state index contributed by atoms with van der Waals surface area (Å²) < 4.78 is 1.95. The molecule has 3 aromatic heterocycles. The lowest BCUT2D eigenvalue weighted by atomic mass is 9.92. The maximum atomic E-state index is 12.6. The summed E-state index contributed by atoms with van der Waals surface area (Å²) in [5, 5.41) is 0. The Morgan fingerprint density at radius 1 is 1.18 bits per heavy atom. The summed E-state index contributed by atoms with van der Waals surface area (Å²) in [6.45, 7) is 3.43. The molecule has 0 bridgehead atoms. The van der Waals surface area contributed by atoms with Crippen LogP contribution in [0.25, 0.3) is 5.65 Å². The minimum atomic E-state index is 0.0199. The van der Waals surface area contributed by atoms with Crippen molar-refractivity contribution in [3.63, 3.8) is 0 Å². The van der Waals surface area contributed by atoms with Gasteiger partial charge in [0.05, 0.1) is 5.69 Å². The van der Waals surface area contributed by atoms with Gasteiger partial charge in [0.1, 0.15) is 11.3 Å². The number of likely N-dealkylation sites (tertiary alicyclic amines) is 1. The minimum Gasteiger partial charge on any atom is -0.336 e. The summed E-state index contributed by atoms with van der Waals surface area (Å²) in [7, 11) is 0. The molecule has 1 aliphatic heterocycles. The third-order valence-electron chi connectivity index (χ3n) is 4.32. The maximum absolute atomic E-state index is 12.6. The second-order valence-corrected chi connectivity index (χ2v) is 5.66. The highest BCUT2D eigenvalue weighted by atomic mass is 16.2. The number of hydrogen-bond acceptors (Lipinski definition) is 3. The van der Waals surface area contributed by atoms with Crippen LogP contribution in [0.1, 0.15) is 27.7 Å². The number of carbonyl (C=O) groups excluding carboxylic acids is 1. The Kier molecular flexibility index (Phi) is 2.92. The van der Waals surface area contributed by atoms with Crippen LogP contribution in [0.2, 0.25) is 0 Å². The van der Waals surface area contributed by atoms with E-state index in [0.717, 1.165) is 24.4 Å². The smallest absolute Gasteiger partial charge is 0.274 e. The number of fused-ring (bicyclic) bond motifs is 1. The van der Waals surface area contributed by atoms with E-state index < -0.39 is 0 Å². The number of rotatable bonds is 2. The summed E-state index contributed by atoms with van der Waals surface area (Å²) in [5.41, 5.74) is 3.51. The molecule has 1 fully saturated rings. The molecule has 4 rings (SSSR count). The first-order valence-corrected chi connectivity index (χ1v) is 7.37. The van der Waals surface area contributed by atoms with Gasteiger partial charge in [-0.2, -0.15) is 0 Å². The van der Waals surface area contributed by atoms with E-state index in [1.54, 1.807) is 12.4 Å². The fourth-order valence-electron chi connectivity index (χ4n) is 2.96. The molecule has 110 valence electrons. The Morgan fingerprint density at radius 2 is 1.95 bits per heavy atom. The molecule has 0 radical (unpaired) electrons. The van der Waals surface area contributed by atoms with Gasteiger partial charge < -0.3 is 9.30 Å². The molecule has 22 heavy (non-hydrogen) atoms. The zero-order valence-corrected chi connectivity index (χ0v) is 12.3. The number of carbonyl (C=O) groups is 1. The zero-order chi connectivity index (χ0) is 15.1. The molecule has 0 aliphatic carbocycles. The fraction of sp³-hybridized carbons (Fsp3) is 0.235. The van der Waals surface area contributed by atoms with E-state index in [9.17, 15) is 4.79 Å². The molecular formula is C17H16N4O. The molecule has 1 aliphatic rings. The van der Waals surface area contributed by atoms with Crippen LogP contribution in [-0.2, 0) is 0 Å². The van der Waals surface area contributed by atoms with Crippen molar-refractivity contribution in [1.82, 2.24) is 19.3 Å². The number of amides is 1. The van der Waals surface area contributed by atoms with E-state index in [1.807, 2.05) is 52.8 Å². The monoisotopic (exact) mass is 292 g/mol. The van der Waals surface area contributed by atoms with Gasteiger partial charge in [0.25, 0.3) is 5.91 Å². The molecule has 0 unspecified atom stereocenters. The topological polar surface area (TPSA) is 50.5 Å². The lowest BCUT2D eigenvalue weighted by Gasteiger charge is -2.39. The highest BCUT2D eigenvalue weighted by Gasteiger charge is 2.34. The number of nitrogens with zero attached hydrogens (tertiary/aromatic N) is 4. The Balaban J connectivity index is 1.54. The molecule has 0 saturated carbocycles. The van der Waals surface area contributed by atoms with Crippen LogP contribution in [0.5, 0.6) is 0 Å². The van der Waals surface area contributed by atoms with E-state index in [0.29, 0.717) is 11.6 Å². The van der Waals surface area contributed by atoms with E-state index >= 15 is 0 Å². The van der Waals surface area contributed by atoms with Gasteiger partial charge in [0.2, 0.25) is 0 Å². The number of hydrogen-bond donors (Lipinski definition) is 0. The van der Waals surface area contributed by atoms with E-state index in [2.05, 4.69) is 9.97 Å². The van der Waals surface area contributed by atoms with Gasteiger partial charge >= 0.3 is 0 Å². The van der Waals surface area contributed by atoms with Crippen LogP contribution in [0.3, 0.4) is 0 Å². The lowest BCUT2D eigenvalue weighted by molar-refractivity contribution is 0.0596. The summed E-state index contributed by atoms with van der Waals surface area (Å²) in [6, 6.07) is 9.82. The van der Waals surface area contributed by atoms with Crippen molar-refractivity contribution >= 4 is 11.6 Å².